The van der Waals surface area contributed by atoms with Gasteiger partial charge in [-0.15, -0.1) is 11.8 Å². The minimum atomic E-state index is 0.137. The van der Waals surface area contributed by atoms with Crippen molar-refractivity contribution >= 4 is 23.4 Å². The van der Waals surface area contributed by atoms with E-state index in [1.165, 1.54) is 27.8 Å². The topological polar surface area (TPSA) is 0 Å². The summed E-state index contributed by atoms with van der Waals surface area (Å²) >= 11 is 2.05. The van der Waals surface area contributed by atoms with Gasteiger partial charge in [0.1, 0.15) is 0 Å². The lowest BCUT2D eigenvalue weighted by Crippen LogP contribution is -2.22. The van der Waals surface area contributed by atoms with Gasteiger partial charge >= 0.3 is 0 Å². The Morgan fingerprint density at radius 3 is 2.74 bits per heavy atom. The second-order valence-corrected chi connectivity index (χ2v) is 8.08. The summed E-state index contributed by atoms with van der Waals surface area (Å²) in [5.41, 5.74) is 8.09. The predicted octanol–water partition coefficient (Wildman–Crippen LogP) is 6.59. The molecule has 0 saturated carbocycles. The third kappa shape index (κ3) is 3.16. The van der Waals surface area contributed by atoms with Gasteiger partial charge in [-0.05, 0) is 55.0 Å². The largest absolute Gasteiger partial charge is 0.145 e. The van der Waals surface area contributed by atoms with Crippen molar-refractivity contribution in [3.63, 3.8) is 0 Å². The highest BCUT2D eigenvalue weighted by Gasteiger charge is 2.31. The van der Waals surface area contributed by atoms with Gasteiger partial charge in [-0.25, -0.2) is 0 Å². The van der Waals surface area contributed by atoms with Crippen LogP contribution in [0.4, 0.5) is 0 Å². The van der Waals surface area contributed by atoms with Crippen LogP contribution in [0, 0.1) is 6.92 Å². The number of aryl methyl sites for hydroxylation is 1. The molecular weight excluding hydrogens is 296 g/mol. The van der Waals surface area contributed by atoms with Gasteiger partial charge in [0.2, 0.25) is 0 Å². The van der Waals surface area contributed by atoms with Gasteiger partial charge < -0.3 is 0 Å². The van der Waals surface area contributed by atoms with Crippen molar-refractivity contribution in [1.29, 1.82) is 0 Å². The molecule has 0 N–H and O–H groups in total. The fourth-order valence-electron chi connectivity index (χ4n) is 3.50. The van der Waals surface area contributed by atoms with Crippen LogP contribution in [-0.4, -0.2) is 0 Å². The molecule has 0 amide bonds. The quantitative estimate of drug-likeness (QED) is 0.612. The molecule has 2 aromatic carbocycles. The molecule has 1 unspecified atom stereocenters. The van der Waals surface area contributed by atoms with Crippen molar-refractivity contribution in [3.05, 3.63) is 82.9 Å². The van der Waals surface area contributed by atoms with Gasteiger partial charge in [0.15, 0.2) is 0 Å². The fraction of sp³-hybridized carbons (Fsp3) is 0.273. The molecular formula is C22H24S. The maximum Gasteiger partial charge on any atom is 0.0426 e. The Kier molecular flexibility index (Phi) is 4.50. The third-order valence-corrected chi connectivity index (χ3v) is 6.13. The summed E-state index contributed by atoms with van der Waals surface area (Å²) in [5.74, 6) is 1.02. The number of fused-ring (bicyclic) bond motifs is 1. The molecule has 2 aromatic rings. The number of hydrogen-bond acceptors (Lipinski definition) is 1. The van der Waals surface area contributed by atoms with Crippen LogP contribution in [-0.2, 0) is 10.5 Å². The van der Waals surface area contributed by atoms with E-state index in [0.717, 1.165) is 17.7 Å². The van der Waals surface area contributed by atoms with Crippen LogP contribution in [0.5, 0.6) is 0 Å². The maximum absolute atomic E-state index is 4.13. The van der Waals surface area contributed by atoms with Crippen molar-refractivity contribution in [3.8, 4) is 0 Å². The molecule has 1 atom stereocenters. The Hall–Kier alpha value is -1.73. The molecule has 0 fully saturated rings. The minimum absolute atomic E-state index is 0.137. The molecule has 1 aliphatic carbocycles. The summed E-state index contributed by atoms with van der Waals surface area (Å²) < 4.78 is 0.137. The van der Waals surface area contributed by atoms with E-state index >= 15 is 0 Å². The van der Waals surface area contributed by atoms with Crippen LogP contribution >= 0.6 is 11.8 Å². The van der Waals surface area contributed by atoms with Crippen LogP contribution in [0.15, 0.2) is 55.1 Å². The smallest absolute Gasteiger partial charge is 0.0426 e. The summed E-state index contributed by atoms with van der Waals surface area (Å²) in [5, 5.41) is 0. The van der Waals surface area contributed by atoms with E-state index in [4.69, 9.17) is 0 Å². The highest BCUT2D eigenvalue weighted by molar-refractivity contribution is 7.99. The van der Waals surface area contributed by atoms with Crippen molar-refractivity contribution in [1.82, 2.24) is 0 Å². The van der Waals surface area contributed by atoms with E-state index < -0.39 is 0 Å². The molecule has 0 radical (unpaired) electrons. The first-order valence-corrected chi connectivity index (χ1v) is 9.14. The number of rotatable bonds is 4. The highest BCUT2D eigenvalue weighted by atomic mass is 32.2. The number of hydrogen-bond donors (Lipinski definition) is 0. The molecule has 1 aliphatic rings. The molecule has 0 nitrogen and oxygen atoms in total. The highest BCUT2D eigenvalue weighted by Crippen LogP contribution is 2.47. The summed E-state index contributed by atoms with van der Waals surface area (Å²) in [6, 6.07) is 15.3. The molecule has 0 spiro atoms. The molecule has 23 heavy (non-hydrogen) atoms. The summed E-state index contributed by atoms with van der Waals surface area (Å²) in [6.45, 7) is 10.8. The fourth-order valence-corrected chi connectivity index (χ4v) is 4.86. The zero-order valence-corrected chi connectivity index (χ0v) is 15.0. The Bertz CT molecular complexity index is 769. The summed E-state index contributed by atoms with van der Waals surface area (Å²) in [4.78, 5) is 0. The number of thioether (sulfide) groups is 1. The van der Waals surface area contributed by atoms with Gasteiger partial charge in [-0.2, -0.15) is 0 Å². The van der Waals surface area contributed by atoms with E-state index in [1.54, 1.807) is 0 Å². The Morgan fingerprint density at radius 1 is 1.17 bits per heavy atom. The summed E-state index contributed by atoms with van der Waals surface area (Å²) in [6.07, 6.45) is 5.68. The Labute approximate surface area is 144 Å². The molecule has 0 bridgehead atoms. The molecule has 118 valence electrons. The van der Waals surface area contributed by atoms with Crippen LogP contribution in [0.2, 0.25) is 0 Å². The molecule has 0 aliphatic heterocycles. The molecule has 0 heterocycles. The second kappa shape index (κ2) is 6.41. The first-order chi connectivity index (χ1) is 11.0. The van der Waals surface area contributed by atoms with Gasteiger partial charge in [-0.3, -0.25) is 0 Å². The predicted molar refractivity (Wildman–Crippen MR) is 105 cm³/mol. The van der Waals surface area contributed by atoms with Crippen molar-refractivity contribution in [2.75, 3.05) is 0 Å². The van der Waals surface area contributed by atoms with Crippen molar-refractivity contribution in [2.45, 2.75) is 37.7 Å². The first-order valence-electron chi connectivity index (χ1n) is 8.16. The zero-order chi connectivity index (χ0) is 16.4. The molecule has 0 aromatic heterocycles. The van der Waals surface area contributed by atoms with Crippen molar-refractivity contribution < 1.29 is 0 Å². The standard InChI is InChI=1S/C22H24S/c1-16(2)20-13-6-5-10-19(20)15-23-22(4)14-8-12-18-11-7-9-17(3)21(18)22/h5-13H,1,14-15H2,2-4H3. The van der Waals surface area contributed by atoms with Crippen LogP contribution in [0.1, 0.15) is 48.1 Å². The van der Waals surface area contributed by atoms with Crippen LogP contribution in [0.25, 0.3) is 11.6 Å². The summed E-state index contributed by atoms with van der Waals surface area (Å²) in [7, 11) is 0. The molecule has 0 saturated heterocycles. The van der Waals surface area contributed by atoms with E-state index in [0.29, 0.717) is 0 Å². The number of allylic oxidation sites excluding steroid dienone is 2. The lowest BCUT2D eigenvalue weighted by Gasteiger charge is -2.34. The Balaban J connectivity index is 1.90. The lowest BCUT2D eigenvalue weighted by molar-refractivity contribution is 0.691. The molecule has 3 rings (SSSR count). The SMILES string of the molecule is C=C(C)c1ccccc1CSC1(C)CC=Cc2cccc(C)c21. The first kappa shape index (κ1) is 16.1. The second-order valence-electron chi connectivity index (χ2n) is 6.60. The van der Waals surface area contributed by atoms with E-state index in [-0.39, 0.29) is 4.75 Å². The molecule has 1 heteroatoms. The normalized spacial score (nSPS) is 19.4. The average Bonchev–Trinajstić information content (AvgIpc) is 2.53. The van der Waals surface area contributed by atoms with Gasteiger partial charge in [0.05, 0.1) is 0 Å². The minimum Gasteiger partial charge on any atom is -0.145 e. The van der Waals surface area contributed by atoms with Gasteiger partial charge in [0, 0.05) is 10.5 Å². The van der Waals surface area contributed by atoms with E-state index in [9.17, 15) is 0 Å². The van der Waals surface area contributed by atoms with E-state index in [1.807, 2.05) is 11.8 Å². The van der Waals surface area contributed by atoms with E-state index in [2.05, 4.69) is 82.0 Å². The third-order valence-electron chi connectivity index (χ3n) is 4.66. The monoisotopic (exact) mass is 320 g/mol. The van der Waals surface area contributed by atoms with Gasteiger partial charge in [-0.1, -0.05) is 66.8 Å². The van der Waals surface area contributed by atoms with Crippen molar-refractivity contribution in [2.24, 2.45) is 0 Å². The number of benzene rings is 2. The van der Waals surface area contributed by atoms with Gasteiger partial charge in [0.25, 0.3) is 0 Å². The Morgan fingerprint density at radius 2 is 1.96 bits per heavy atom. The van der Waals surface area contributed by atoms with Crippen LogP contribution < -0.4 is 0 Å². The average molecular weight is 321 g/mol. The maximum atomic E-state index is 4.13. The van der Waals surface area contributed by atoms with Crippen LogP contribution in [0.3, 0.4) is 0 Å². The lowest BCUT2D eigenvalue weighted by atomic mass is 9.84. The zero-order valence-electron chi connectivity index (χ0n) is 14.2.